The van der Waals surface area contributed by atoms with Crippen molar-refractivity contribution in [3.63, 3.8) is 0 Å². The monoisotopic (exact) mass is 242 g/mol. The van der Waals surface area contributed by atoms with Gasteiger partial charge < -0.3 is 16.2 Å². The molecule has 0 radical (unpaired) electrons. The molecule has 4 N–H and O–H groups in total. The van der Waals surface area contributed by atoms with Crippen molar-refractivity contribution in [1.29, 1.82) is 0 Å². The fourth-order valence-corrected chi connectivity index (χ4v) is 2.33. The van der Waals surface area contributed by atoms with Gasteiger partial charge in [-0.1, -0.05) is 6.42 Å². The largest absolute Gasteiger partial charge is 0.481 e. The topological polar surface area (TPSA) is 92.4 Å². The van der Waals surface area contributed by atoms with Gasteiger partial charge in [0.15, 0.2) is 0 Å². The molecule has 1 amide bonds. The summed E-state index contributed by atoms with van der Waals surface area (Å²) in [5.74, 6) is -1.12. The first-order chi connectivity index (χ1) is 8.09. The SMILES string of the molecule is NC(=O)CCCCNC1CCCC(C(=O)O)C1. The number of hydrogen-bond acceptors (Lipinski definition) is 3. The van der Waals surface area contributed by atoms with E-state index in [9.17, 15) is 9.59 Å². The van der Waals surface area contributed by atoms with E-state index in [0.29, 0.717) is 12.5 Å². The Bertz CT molecular complexity index is 268. The van der Waals surface area contributed by atoms with E-state index in [0.717, 1.165) is 45.1 Å². The molecule has 0 aromatic heterocycles. The van der Waals surface area contributed by atoms with Crippen LogP contribution in [0.5, 0.6) is 0 Å². The molecule has 0 bridgehead atoms. The summed E-state index contributed by atoms with van der Waals surface area (Å²) in [6.45, 7) is 0.838. The molecule has 2 atom stereocenters. The van der Waals surface area contributed by atoms with Crippen LogP contribution in [0.2, 0.25) is 0 Å². The van der Waals surface area contributed by atoms with Gasteiger partial charge in [-0.05, 0) is 38.6 Å². The van der Waals surface area contributed by atoms with Gasteiger partial charge in [0.25, 0.3) is 0 Å². The smallest absolute Gasteiger partial charge is 0.306 e. The van der Waals surface area contributed by atoms with Crippen molar-refractivity contribution in [2.45, 2.75) is 51.0 Å². The molecule has 0 aliphatic heterocycles. The normalized spacial score (nSPS) is 24.5. The number of unbranched alkanes of at least 4 members (excludes halogenated alkanes) is 1. The Labute approximate surface area is 102 Å². The third-order valence-corrected chi connectivity index (χ3v) is 3.31. The van der Waals surface area contributed by atoms with Gasteiger partial charge in [0.2, 0.25) is 5.91 Å². The van der Waals surface area contributed by atoms with Gasteiger partial charge in [-0.25, -0.2) is 0 Å². The molecule has 1 saturated carbocycles. The second-order valence-electron chi connectivity index (χ2n) is 4.78. The number of rotatable bonds is 7. The summed E-state index contributed by atoms with van der Waals surface area (Å²) in [5, 5.41) is 12.3. The highest BCUT2D eigenvalue weighted by atomic mass is 16.4. The Morgan fingerprint density at radius 2 is 2.06 bits per heavy atom. The lowest BCUT2D eigenvalue weighted by atomic mass is 9.86. The number of nitrogens with two attached hydrogens (primary N) is 1. The Kier molecular flexibility index (Phi) is 5.97. The quantitative estimate of drug-likeness (QED) is 0.578. The van der Waals surface area contributed by atoms with Crippen molar-refractivity contribution in [2.75, 3.05) is 6.54 Å². The fourth-order valence-electron chi connectivity index (χ4n) is 2.33. The maximum absolute atomic E-state index is 10.9. The molecular formula is C12H22N2O3. The number of carbonyl (C=O) groups is 2. The maximum atomic E-state index is 10.9. The summed E-state index contributed by atoms with van der Waals surface area (Å²) < 4.78 is 0. The lowest BCUT2D eigenvalue weighted by Crippen LogP contribution is -2.36. The minimum Gasteiger partial charge on any atom is -0.481 e. The first-order valence-electron chi connectivity index (χ1n) is 6.34. The molecule has 0 spiro atoms. The van der Waals surface area contributed by atoms with Gasteiger partial charge in [0, 0.05) is 12.5 Å². The highest BCUT2D eigenvalue weighted by Gasteiger charge is 2.26. The fraction of sp³-hybridized carbons (Fsp3) is 0.833. The van der Waals surface area contributed by atoms with Crippen LogP contribution in [0.3, 0.4) is 0 Å². The number of amides is 1. The molecule has 5 nitrogen and oxygen atoms in total. The summed E-state index contributed by atoms with van der Waals surface area (Å²) >= 11 is 0. The Balaban J connectivity index is 2.10. The second-order valence-corrected chi connectivity index (χ2v) is 4.78. The van der Waals surface area contributed by atoms with Crippen molar-refractivity contribution < 1.29 is 14.7 Å². The summed E-state index contributed by atoms with van der Waals surface area (Å²) in [7, 11) is 0. The number of nitrogens with one attached hydrogen (secondary N) is 1. The Morgan fingerprint density at radius 1 is 1.29 bits per heavy atom. The number of primary amides is 1. The Hall–Kier alpha value is -1.10. The number of carboxylic acids is 1. The average Bonchev–Trinajstić information content (AvgIpc) is 2.28. The minimum absolute atomic E-state index is 0.188. The van der Waals surface area contributed by atoms with Crippen molar-refractivity contribution in [3.8, 4) is 0 Å². The van der Waals surface area contributed by atoms with Gasteiger partial charge in [0.05, 0.1) is 5.92 Å². The van der Waals surface area contributed by atoms with Crippen LogP contribution in [0.4, 0.5) is 0 Å². The van der Waals surface area contributed by atoms with E-state index < -0.39 is 5.97 Å². The van der Waals surface area contributed by atoms with Crippen LogP contribution in [0.1, 0.15) is 44.9 Å². The van der Waals surface area contributed by atoms with Crippen LogP contribution in [0.25, 0.3) is 0 Å². The lowest BCUT2D eigenvalue weighted by molar-refractivity contribution is -0.143. The third-order valence-electron chi connectivity index (χ3n) is 3.31. The van der Waals surface area contributed by atoms with Gasteiger partial charge in [-0.3, -0.25) is 9.59 Å². The van der Waals surface area contributed by atoms with E-state index in [4.69, 9.17) is 10.8 Å². The number of aliphatic carboxylic acids is 1. The predicted molar refractivity (Wildman–Crippen MR) is 64.4 cm³/mol. The van der Waals surface area contributed by atoms with Crippen LogP contribution in [0.15, 0.2) is 0 Å². The van der Waals surface area contributed by atoms with E-state index in [1.54, 1.807) is 0 Å². The molecule has 0 saturated heterocycles. The van der Waals surface area contributed by atoms with Gasteiger partial charge >= 0.3 is 5.97 Å². The van der Waals surface area contributed by atoms with E-state index in [-0.39, 0.29) is 11.8 Å². The zero-order valence-corrected chi connectivity index (χ0v) is 10.2. The molecule has 1 fully saturated rings. The van der Waals surface area contributed by atoms with Crippen LogP contribution in [0, 0.1) is 5.92 Å². The summed E-state index contributed by atoms with van der Waals surface area (Å²) in [6.07, 6.45) is 5.72. The number of carboxylic acid groups (broad SMARTS) is 1. The molecule has 1 rings (SSSR count). The zero-order chi connectivity index (χ0) is 12.7. The molecule has 98 valence electrons. The third kappa shape index (κ3) is 5.68. The van der Waals surface area contributed by atoms with Gasteiger partial charge in [0.1, 0.15) is 0 Å². The molecular weight excluding hydrogens is 220 g/mol. The number of carbonyl (C=O) groups excluding carboxylic acids is 1. The van der Waals surface area contributed by atoms with Crippen LogP contribution >= 0.6 is 0 Å². The Morgan fingerprint density at radius 3 is 2.71 bits per heavy atom. The summed E-state index contributed by atoms with van der Waals surface area (Å²) in [6, 6.07) is 0.318. The van der Waals surface area contributed by atoms with E-state index in [1.807, 2.05) is 0 Å². The molecule has 1 aliphatic rings. The standard InChI is InChI=1S/C12H22N2O3/c13-11(15)6-1-2-7-14-10-5-3-4-9(8-10)12(16)17/h9-10,14H,1-8H2,(H2,13,15)(H,16,17). The highest BCUT2D eigenvalue weighted by Crippen LogP contribution is 2.24. The molecule has 17 heavy (non-hydrogen) atoms. The second kappa shape index (κ2) is 7.27. The first kappa shape index (κ1) is 14.0. The predicted octanol–water partition coefficient (Wildman–Crippen LogP) is 0.875. The van der Waals surface area contributed by atoms with E-state index >= 15 is 0 Å². The van der Waals surface area contributed by atoms with Crippen molar-refractivity contribution in [1.82, 2.24) is 5.32 Å². The molecule has 2 unspecified atom stereocenters. The van der Waals surface area contributed by atoms with Crippen LogP contribution < -0.4 is 11.1 Å². The molecule has 0 aromatic carbocycles. The average molecular weight is 242 g/mol. The van der Waals surface area contributed by atoms with Gasteiger partial charge in [-0.15, -0.1) is 0 Å². The summed E-state index contributed by atoms with van der Waals surface area (Å²) in [4.78, 5) is 21.4. The number of hydrogen-bond donors (Lipinski definition) is 3. The van der Waals surface area contributed by atoms with Crippen LogP contribution in [-0.2, 0) is 9.59 Å². The molecule has 0 heterocycles. The molecule has 0 aromatic rings. The first-order valence-corrected chi connectivity index (χ1v) is 6.34. The van der Waals surface area contributed by atoms with Crippen LogP contribution in [-0.4, -0.2) is 29.6 Å². The van der Waals surface area contributed by atoms with E-state index in [1.165, 1.54) is 0 Å². The highest BCUT2D eigenvalue weighted by molar-refractivity contribution is 5.73. The zero-order valence-electron chi connectivity index (χ0n) is 10.2. The van der Waals surface area contributed by atoms with Gasteiger partial charge in [-0.2, -0.15) is 0 Å². The molecule has 5 heteroatoms. The van der Waals surface area contributed by atoms with E-state index in [2.05, 4.69) is 5.32 Å². The maximum Gasteiger partial charge on any atom is 0.306 e. The minimum atomic E-state index is -0.676. The van der Waals surface area contributed by atoms with Crippen molar-refractivity contribution >= 4 is 11.9 Å². The van der Waals surface area contributed by atoms with Crippen molar-refractivity contribution in [3.05, 3.63) is 0 Å². The molecule has 1 aliphatic carbocycles. The van der Waals surface area contributed by atoms with Crippen molar-refractivity contribution in [2.24, 2.45) is 11.7 Å². The lowest BCUT2D eigenvalue weighted by Gasteiger charge is -2.27. The summed E-state index contributed by atoms with van der Waals surface area (Å²) in [5.41, 5.74) is 5.04.